The maximum atomic E-state index is 13.2. The minimum absolute atomic E-state index is 0.135. The van der Waals surface area contributed by atoms with Crippen molar-refractivity contribution >= 4 is 57.3 Å². The summed E-state index contributed by atoms with van der Waals surface area (Å²) in [5.41, 5.74) is 6.87. The van der Waals surface area contributed by atoms with Crippen LogP contribution in [0.3, 0.4) is 0 Å². The number of thiocarbonyl (C=S) groups is 1. The molecule has 5 rings (SSSR count). The van der Waals surface area contributed by atoms with Gasteiger partial charge in [-0.2, -0.15) is 0 Å². The van der Waals surface area contributed by atoms with Gasteiger partial charge < -0.3 is 14.8 Å². The minimum Gasteiger partial charge on any atom is -0.496 e. The number of aromatic amines is 1. The molecule has 2 heterocycles. The van der Waals surface area contributed by atoms with Crippen molar-refractivity contribution in [1.29, 1.82) is 0 Å². The Morgan fingerprint density at radius 1 is 1.19 bits per heavy atom. The molecule has 1 aliphatic rings. The van der Waals surface area contributed by atoms with Crippen molar-refractivity contribution in [2.24, 2.45) is 0 Å². The van der Waals surface area contributed by atoms with E-state index in [2.05, 4.69) is 16.0 Å². The van der Waals surface area contributed by atoms with Gasteiger partial charge in [0.2, 0.25) is 0 Å². The van der Waals surface area contributed by atoms with Crippen LogP contribution in [0.15, 0.2) is 65.8 Å². The summed E-state index contributed by atoms with van der Waals surface area (Å²) in [6.07, 6.45) is 4.11. The standard InChI is InChI=1S/C28H23N3O4S2/c1-16-11-20(14-22-25(16)30-15-29-22)21-12-18(5-8-23(21)35-2)13-24-26(32)31(28(36)37-24)10-9-17-3-6-19(7-4-17)27(33)34/h3-8,11-15H,9-10H2,1-2H3,(H,29,30)(H,33,34)/b24-13-. The summed E-state index contributed by atoms with van der Waals surface area (Å²) in [4.78, 5) is 33.9. The largest absolute Gasteiger partial charge is 0.496 e. The summed E-state index contributed by atoms with van der Waals surface area (Å²) in [6.45, 7) is 2.45. The number of methoxy groups -OCH3 is 1. The summed E-state index contributed by atoms with van der Waals surface area (Å²) in [5, 5.41) is 9.06. The number of carboxylic acids is 1. The number of fused-ring (bicyclic) bond motifs is 1. The Morgan fingerprint density at radius 3 is 2.70 bits per heavy atom. The summed E-state index contributed by atoms with van der Waals surface area (Å²) < 4.78 is 6.13. The lowest BCUT2D eigenvalue weighted by molar-refractivity contribution is -0.122. The predicted octanol–water partition coefficient (Wildman–Crippen LogP) is 5.69. The molecule has 1 saturated heterocycles. The fourth-order valence-electron chi connectivity index (χ4n) is 4.32. The Kier molecular flexibility index (Phi) is 6.82. The Morgan fingerprint density at radius 2 is 1.97 bits per heavy atom. The number of nitrogens with zero attached hydrogens (tertiary/aromatic N) is 2. The number of imidazole rings is 1. The molecule has 2 N–H and O–H groups in total. The number of amides is 1. The van der Waals surface area contributed by atoms with E-state index in [0.717, 1.165) is 44.6 Å². The van der Waals surface area contributed by atoms with Crippen LogP contribution in [0, 0.1) is 6.92 Å². The van der Waals surface area contributed by atoms with Crippen molar-refractivity contribution in [3.05, 3.63) is 88.1 Å². The van der Waals surface area contributed by atoms with Gasteiger partial charge in [-0.05, 0) is 78.1 Å². The van der Waals surface area contributed by atoms with Crippen LogP contribution in [-0.4, -0.2) is 49.8 Å². The third kappa shape index (κ3) is 5.00. The van der Waals surface area contributed by atoms with Crippen LogP contribution in [0.1, 0.15) is 27.0 Å². The Labute approximate surface area is 223 Å². The van der Waals surface area contributed by atoms with Crippen molar-refractivity contribution in [3.8, 4) is 16.9 Å². The predicted molar refractivity (Wildman–Crippen MR) is 150 cm³/mol. The average molecular weight is 530 g/mol. The van der Waals surface area contributed by atoms with Crippen LogP contribution in [0.4, 0.5) is 0 Å². The number of carboxylic acid groups (broad SMARTS) is 1. The monoisotopic (exact) mass is 529 g/mol. The molecule has 37 heavy (non-hydrogen) atoms. The van der Waals surface area contributed by atoms with Crippen molar-refractivity contribution in [2.45, 2.75) is 13.3 Å². The van der Waals surface area contributed by atoms with E-state index in [0.29, 0.717) is 22.2 Å². The number of carbonyl (C=O) groups excluding carboxylic acids is 1. The molecule has 7 nitrogen and oxygen atoms in total. The number of aromatic carboxylic acids is 1. The topological polar surface area (TPSA) is 95.5 Å². The molecular formula is C28H23N3O4S2. The summed E-state index contributed by atoms with van der Waals surface area (Å²) in [5.74, 6) is -0.367. The van der Waals surface area contributed by atoms with Gasteiger partial charge in [-0.15, -0.1) is 0 Å². The van der Waals surface area contributed by atoms with E-state index in [1.54, 1.807) is 42.6 Å². The molecule has 0 saturated carbocycles. The van der Waals surface area contributed by atoms with Crippen LogP contribution < -0.4 is 4.74 Å². The molecule has 0 bridgehead atoms. The maximum absolute atomic E-state index is 13.2. The fourth-order valence-corrected chi connectivity index (χ4v) is 5.63. The Hall–Kier alpha value is -3.95. The highest BCUT2D eigenvalue weighted by Gasteiger charge is 2.31. The van der Waals surface area contributed by atoms with Gasteiger partial charge in [-0.1, -0.05) is 42.2 Å². The average Bonchev–Trinajstić information content (AvgIpc) is 3.47. The van der Waals surface area contributed by atoms with Gasteiger partial charge in [0.1, 0.15) is 10.1 Å². The zero-order valence-electron chi connectivity index (χ0n) is 20.1. The van der Waals surface area contributed by atoms with Crippen LogP contribution in [0.2, 0.25) is 0 Å². The molecule has 0 radical (unpaired) electrons. The number of carbonyl (C=O) groups is 2. The molecule has 1 amide bonds. The van der Waals surface area contributed by atoms with Crippen molar-refractivity contribution in [3.63, 3.8) is 0 Å². The number of benzene rings is 3. The highest BCUT2D eigenvalue weighted by atomic mass is 32.2. The Bertz CT molecular complexity index is 1570. The first-order valence-electron chi connectivity index (χ1n) is 11.5. The molecule has 0 atom stereocenters. The number of rotatable bonds is 7. The van der Waals surface area contributed by atoms with Gasteiger partial charge in [0.15, 0.2) is 0 Å². The normalized spacial score (nSPS) is 14.6. The van der Waals surface area contributed by atoms with E-state index in [4.69, 9.17) is 22.1 Å². The molecule has 1 fully saturated rings. The lowest BCUT2D eigenvalue weighted by atomic mass is 9.99. The highest BCUT2D eigenvalue weighted by molar-refractivity contribution is 8.26. The van der Waals surface area contributed by atoms with Crippen LogP contribution in [0.5, 0.6) is 5.75 Å². The fraction of sp³-hybridized carbons (Fsp3) is 0.143. The smallest absolute Gasteiger partial charge is 0.335 e. The van der Waals surface area contributed by atoms with E-state index in [1.165, 1.54) is 11.8 Å². The van der Waals surface area contributed by atoms with Gasteiger partial charge in [-0.3, -0.25) is 9.69 Å². The van der Waals surface area contributed by atoms with Crippen LogP contribution >= 0.6 is 24.0 Å². The van der Waals surface area contributed by atoms with Gasteiger partial charge in [0, 0.05) is 12.1 Å². The van der Waals surface area contributed by atoms with Crippen molar-refractivity contribution in [2.75, 3.05) is 13.7 Å². The van der Waals surface area contributed by atoms with Crippen molar-refractivity contribution in [1.82, 2.24) is 14.9 Å². The van der Waals surface area contributed by atoms with Gasteiger partial charge >= 0.3 is 5.97 Å². The first-order valence-corrected chi connectivity index (χ1v) is 12.8. The maximum Gasteiger partial charge on any atom is 0.335 e. The summed E-state index contributed by atoms with van der Waals surface area (Å²) in [7, 11) is 1.64. The van der Waals surface area contributed by atoms with E-state index in [-0.39, 0.29) is 11.5 Å². The van der Waals surface area contributed by atoms with Crippen LogP contribution in [0.25, 0.3) is 28.2 Å². The summed E-state index contributed by atoms with van der Waals surface area (Å²) >= 11 is 6.78. The van der Waals surface area contributed by atoms with E-state index < -0.39 is 5.97 Å². The number of aryl methyl sites for hydroxylation is 1. The van der Waals surface area contributed by atoms with Crippen LogP contribution in [-0.2, 0) is 11.2 Å². The number of nitrogens with one attached hydrogen (secondary N) is 1. The second kappa shape index (κ2) is 10.2. The summed E-state index contributed by atoms with van der Waals surface area (Å²) in [6, 6.07) is 16.6. The lowest BCUT2D eigenvalue weighted by Gasteiger charge is -2.14. The number of ether oxygens (including phenoxy) is 1. The molecule has 0 aliphatic carbocycles. The molecule has 1 aromatic heterocycles. The quantitative estimate of drug-likeness (QED) is 0.235. The molecule has 3 aromatic carbocycles. The molecular weight excluding hydrogens is 506 g/mol. The molecule has 0 unspecified atom stereocenters. The van der Waals surface area contributed by atoms with Gasteiger partial charge in [-0.25, -0.2) is 9.78 Å². The number of thioether (sulfide) groups is 1. The number of hydrogen-bond acceptors (Lipinski definition) is 6. The molecule has 4 aromatic rings. The third-order valence-electron chi connectivity index (χ3n) is 6.25. The molecule has 0 spiro atoms. The Balaban J connectivity index is 1.38. The molecule has 1 aliphatic heterocycles. The minimum atomic E-state index is -0.965. The van der Waals surface area contributed by atoms with E-state index >= 15 is 0 Å². The molecule has 9 heteroatoms. The van der Waals surface area contributed by atoms with E-state index in [9.17, 15) is 9.59 Å². The van der Waals surface area contributed by atoms with Gasteiger partial charge in [0.05, 0.1) is 34.9 Å². The second-order valence-corrected chi connectivity index (χ2v) is 10.3. The zero-order chi connectivity index (χ0) is 26.1. The first-order chi connectivity index (χ1) is 17.8. The lowest BCUT2D eigenvalue weighted by Crippen LogP contribution is -2.30. The SMILES string of the molecule is COc1ccc(/C=C2\SC(=S)N(CCc3ccc(C(=O)O)cc3)C2=O)cc1-c1cc(C)c2nc[nH]c2c1. The van der Waals surface area contributed by atoms with E-state index in [1.807, 2.05) is 37.3 Å². The number of aromatic nitrogens is 2. The number of H-pyrrole nitrogens is 1. The van der Waals surface area contributed by atoms with Gasteiger partial charge in [0.25, 0.3) is 5.91 Å². The first kappa shape index (κ1) is 24.7. The van der Waals surface area contributed by atoms with Crippen molar-refractivity contribution < 1.29 is 19.4 Å². The molecule has 186 valence electrons. The number of hydrogen-bond donors (Lipinski definition) is 2. The highest BCUT2D eigenvalue weighted by Crippen LogP contribution is 2.36. The zero-order valence-corrected chi connectivity index (χ0v) is 21.8. The second-order valence-electron chi connectivity index (χ2n) is 8.64. The third-order valence-corrected chi connectivity index (χ3v) is 7.62.